The highest BCUT2D eigenvalue weighted by atomic mass is 19.1. The Bertz CT molecular complexity index is 987. The van der Waals surface area contributed by atoms with Gasteiger partial charge in [0.2, 0.25) is 0 Å². The Morgan fingerprint density at radius 2 is 1.97 bits per heavy atom. The number of nitrogens with two attached hydrogens (primary N) is 2. The lowest BCUT2D eigenvalue weighted by atomic mass is 9.92. The largest absolute Gasteiger partial charge is 0.403 e. The summed E-state index contributed by atoms with van der Waals surface area (Å²) < 4.78 is 42.3. The Morgan fingerprint density at radius 1 is 1.30 bits per heavy atom. The van der Waals surface area contributed by atoms with Crippen LogP contribution in [-0.2, 0) is 13.0 Å². The highest BCUT2D eigenvalue weighted by Gasteiger charge is 2.26. The smallest absolute Gasteiger partial charge is 0.267 e. The van der Waals surface area contributed by atoms with Crippen molar-refractivity contribution in [2.24, 2.45) is 11.5 Å². The van der Waals surface area contributed by atoms with E-state index in [0.29, 0.717) is 49.4 Å². The maximum Gasteiger partial charge on any atom is 0.267 e. The van der Waals surface area contributed by atoms with Crippen molar-refractivity contribution >= 4 is 5.91 Å². The van der Waals surface area contributed by atoms with E-state index in [4.69, 9.17) is 11.5 Å². The van der Waals surface area contributed by atoms with Crippen LogP contribution in [0.15, 0.2) is 30.1 Å². The van der Waals surface area contributed by atoms with E-state index in [-0.39, 0.29) is 11.3 Å². The van der Waals surface area contributed by atoms with Crippen LogP contribution in [0.3, 0.4) is 0 Å². The van der Waals surface area contributed by atoms with Crippen LogP contribution in [0.5, 0.6) is 0 Å². The second-order valence-corrected chi connectivity index (χ2v) is 6.99. The van der Waals surface area contributed by atoms with Gasteiger partial charge < -0.3 is 16.5 Å². The summed E-state index contributed by atoms with van der Waals surface area (Å²) in [7, 11) is 3.58. The zero-order valence-electron chi connectivity index (χ0n) is 16.7. The first kappa shape index (κ1) is 21.6. The highest BCUT2D eigenvalue weighted by Crippen LogP contribution is 2.34. The van der Waals surface area contributed by atoms with E-state index >= 15 is 0 Å². The molecule has 0 bridgehead atoms. The lowest BCUT2D eigenvalue weighted by Crippen LogP contribution is -2.40. The monoisotopic (exact) mass is 420 g/mol. The molecule has 0 unspecified atom stereocenters. The third-order valence-corrected chi connectivity index (χ3v) is 5.13. The summed E-state index contributed by atoms with van der Waals surface area (Å²) >= 11 is 0. The van der Waals surface area contributed by atoms with Crippen LogP contribution >= 0.6 is 0 Å². The number of pyridine rings is 1. The van der Waals surface area contributed by atoms with Crippen LogP contribution in [0.4, 0.5) is 13.2 Å². The molecule has 10 heteroatoms. The number of carbonyl (C=O) groups excluding carboxylic acids is 1. The predicted octanol–water partition coefficient (Wildman–Crippen LogP) is 1.49. The molecule has 0 spiro atoms. The molecule has 7 nitrogen and oxygen atoms in total. The van der Waals surface area contributed by atoms with Gasteiger partial charge >= 0.3 is 0 Å². The quantitative estimate of drug-likeness (QED) is 0.613. The number of aromatic nitrogens is 1. The fraction of sp³-hybridized carbons (Fsp3) is 0.300. The molecule has 3 rings (SSSR count). The summed E-state index contributed by atoms with van der Waals surface area (Å²) in [4.78, 5) is 18.1. The van der Waals surface area contributed by atoms with Crippen molar-refractivity contribution in [1.82, 2.24) is 20.3 Å². The number of hydrazine groups is 1. The van der Waals surface area contributed by atoms with Gasteiger partial charge in [-0.2, -0.15) is 0 Å². The second-order valence-electron chi connectivity index (χ2n) is 6.99. The van der Waals surface area contributed by atoms with Crippen LogP contribution < -0.4 is 16.9 Å². The number of fused-ring (bicyclic) bond motifs is 1. The molecule has 160 valence electrons. The molecule has 1 amide bonds. The van der Waals surface area contributed by atoms with E-state index in [9.17, 15) is 18.0 Å². The SMILES string of the molecule is CNN(C)/C(=C\N)CN1CCc2c(-c3c(F)cc(F)cc3F)cc(C(N)=O)nc2C1. The third-order valence-electron chi connectivity index (χ3n) is 5.13. The van der Waals surface area contributed by atoms with E-state index in [1.54, 1.807) is 12.1 Å². The van der Waals surface area contributed by atoms with Crippen LogP contribution in [0.25, 0.3) is 11.1 Å². The first-order valence-electron chi connectivity index (χ1n) is 9.26. The van der Waals surface area contributed by atoms with Crippen molar-refractivity contribution in [3.63, 3.8) is 0 Å². The molecule has 0 fully saturated rings. The van der Waals surface area contributed by atoms with E-state index in [2.05, 4.69) is 10.4 Å². The fourth-order valence-corrected chi connectivity index (χ4v) is 3.52. The zero-order chi connectivity index (χ0) is 22.0. The van der Waals surface area contributed by atoms with Gasteiger partial charge in [-0.05, 0) is 23.6 Å². The molecule has 0 saturated carbocycles. The summed E-state index contributed by atoms with van der Waals surface area (Å²) in [5, 5.41) is 1.76. The standard InChI is InChI=1S/C20H23F3N6O/c1-26-28(2)12(8-24)9-29-4-3-13-14(7-17(20(25)30)27-18(13)10-29)19-15(22)5-11(21)6-16(19)23/h5-8,26H,3-4,9-10,24H2,1-2H3,(H2,25,30)/b12-8-. The lowest BCUT2D eigenvalue weighted by molar-refractivity contribution is 0.0995. The minimum Gasteiger partial charge on any atom is -0.403 e. The molecule has 1 aromatic carbocycles. The van der Waals surface area contributed by atoms with Gasteiger partial charge in [0.1, 0.15) is 23.1 Å². The van der Waals surface area contributed by atoms with Gasteiger partial charge in [-0.15, -0.1) is 0 Å². The molecular weight excluding hydrogens is 397 g/mol. The van der Waals surface area contributed by atoms with Crippen LogP contribution in [-0.4, -0.2) is 48.0 Å². The van der Waals surface area contributed by atoms with Gasteiger partial charge in [0.15, 0.2) is 0 Å². The molecule has 5 N–H and O–H groups in total. The summed E-state index contributed by atoms with van der Waals surface area (Å²) in [6, 6.07) is 2.47. The molecular formula is C20H23F3N6O. The van der Waals surface area contributed by atoms with Gasteiger partial charge in [-0.3, -0.25) is 9.69 Å². The Labute approximate surface area is 172 Å². The Balaban J connectivity index is 2.04. The molecule has 0 saturated heterocycles. The minimum atomic E-state index is -1.05. The number of halogens is 3. The van der Waals surface area contributed by atoms with Gasteiger partial charge in [0.25, 0.3) is 5.91 Å². The van der Waals surface area contributed by atoms with E-state index in [1.807, 2.05) is 11.9 Å². The number of nitrogens with zero attached hydrogens (tertiary/aromatic N) is 3. The van der Waals surface area contributed by atoms with Crippen molar-refractivity contribution < 1.29 is 18.0 Å². The molecule has 1 aromatic heterocycles. The maximum absolute atomic E-state index is 14.5. The predicted molar refractivity (Wildman–Crippen MR) is 106 cm³/mol. The number of carbonyl (C=O) groups is 1. The summed E-state index contributed by atoms with van der Waals surface area (Å²) in [5.74, 6) is -3.95. The average molecular weight is 420 g/mol. The maximum atomic E-state index is 14.5. The van der Waals surface area contributed by atoms with E-state index in [1.165, 1.54) is 12.3 Å². The number of hydrogen-bond donors (Lipinski definition) is 3. The first-order chi connectivity index (χ1) is 14.2. The third kappa shape index (κ3) is 4.24. The first-order valence-corrected chi connectivity index (χ1v) is 9.26. The van der Waals surface area contributed by atoms with Gasteiger partial charge in [-0.1, -0.05) is 0 Å². The van der Waals surface area contributed by atoms with Crippen molar-refractivity contribution in [3.8, 4) is 11.1 Å². The molecule has 2 aromatic rings. The molecule has 0 aliphatic carbocycles. The van der Waals surface area contributed by atoms with Crippen molar-refractivity contribution in [2.45, 2.75) is 13.0 Å². The van der Waals surface area contributed by atoms with Gasteiger partial charge in [0, 0.05) is 52.1 Å². The van der Waals surface area contributed by atoms with Crippen molar-refractivity contribution in [1.29, 1.82) is 0 Å². The van der Waals surface area contributed by atoms with Crippen LogP contribution in [0.2, 0.25) is 0 Å². The molecule has 0 radical (unpaired) electrons. The van der Waals surface area contributed by atoms with Crippen LogP contribution in [0.1, 0.15) is 21.7 Å². The molecule has 1 aliphatic heterocycles. The highest BCUT2D eigenvalue weighted by molar-refractivity contribution is 5.92. The summed E-state index contributed by atoms with van der Waals surface area (Å²) in [5.41, 5.74) is 15.6. The molecule has 1 aliphatic rings. The molecule has 0 atom stereocenters. The van der Waals surface area contributed by atoms with Gasteiger partial charge in [-0.25, -0.2) is 23.6 Å². The fourth-order valence-electron chi connectivity index (χ4n) is 3.52. The summed E-state index contributed by atoms with van der Waals surface area (Å²) in [6.45, 7) is 1.38. The number of nitrogens with one attached hydrogen (secondary N) is 1. The number of amides is 1. The number of hydrogen-bond acceptors (Lipinski definition) is 6. The summed E-state index contributed by atoms with van der Waals surface area (Å²) in [6.07, 6.45) is 1.90. The normalized spacial score (nSPS) is 14.5. The van der Waals surface area contributed by atoms with E-state index < -0.39 is 28.9 Å². The Kier molecular flexibility index (Phi) is 6.28. The molecule has 30 heavy (non-hydrogen) atoms. The topological polar surface area (TPSA) is 101 Å². The second kappa shape index (κ2) is 8.72. The zero-order valence-corrected chi connectivity index (χ0v) is 16.7. The lowest BCUT2D eigenvalue weighted by Gasteiger charge is -2.32. The van der Waals surface area contributed by atoms with Crippen molar-refractivity contribution in [3.05, 3.63) is 64.5 Å². The minimum absolute atomic E-state index is 0.115. The number of rotatable bonds is 6. The number of likely N-dealkylation sites (N-methyl/N-ethyl adjacent to an activating group) is 1. The van der Waals surface area contributed by atoms with Crippen LogP contribution in [0, 0.1) is 17.5 Å². The number of benzene rings is 1. The van der Waals surface area contributed by atoms with Gasteiger partial charge in [0.05, 0.1) is 17.0 Å². The Morgan fingerprint density at radius 3 is 2.53 bits per heavy atom. The average Bonchev–Trinajstić information content (AvgIpc) is 2.70. The number of primary amides is 1. The molecule has 2 heterocycles. The van der Waals surface area contributed by atoms with E-state index in [0.717, 1.165) is 5.70 Å². The van der Waals surface area contributed by atoms with Crippen molar-refractivity contribution in [2.75, 3.05) is 27.2 Å². The Hall–Kier alpha value is -3.11.